The van der Waals surface area contributed by atoms with E-state index in [9.17, 15) is 4.79 Å². The largest absolute Gasteiger partial charge is 0.496 e. The summed E-state index contributed by atoms with van der Waals surface area (Å²) in [6.45, 7) is 2.33. The van der Waals surface area contributed by atoms with Crippen molar-refractivity contribution in [2.24, 2.45) is 9.98 Å². The first-order valence-corrected chi connectivity index (χ1v) is 13.5. The van der Waals surface area contributed by atoms with Crippen LogP contribution < -0.4 is 20.1 Å². The van der Waals surface area contributed by atoms with Gasteiger partial charge in [-0.15, -0.1) is 0 Å². The molecular formula is C31H30ClFN4O3. The van der Waals surface area contributed by atoms with Gasteiger partial charge in [-0.3, -0.25) is 9.79 Å². The molecule has 0 saturated carbocycles. The summed E-state index contributed by atoms with van der Waals surface area (Å²) in [6.07, 6.45) is 3.52. The summed E-state index contributed by atoms with van der Waals surface area (Å²) in [4.78, 5) is 22.0. The molecule has 40 heavy (non-hydrogen) atoms. The first-order chi connectivity index (χ1) is 19.4. The quantitative estimate of drug-likeness (QED) is 0.292. The van der Waals surface area contributed by atoms with E-state index in [4.69, 9.17) is 26.1 Å². The number of benzene rings is 3. The van der Waals surface area contributed by atoms with Gasteiger partial charge in [0.25, 0.3) is 0 Å². The van der Waals surface area contributed by atoms with Gasteiger partial charge in [0.1, 0.15) is 17.3 Å². The molecule has 2 aliphatic heterocycles. The second-order valence-corrected chi connectivity index (χ2v) is 9.92. The second kappa shape index (κ2) is 11.9. The summed E-state index contributed by atoms with van der Waals surface area (Å²) < 4.78 is 26.1. The maximum Gasteiger partial charge on any atom is 0.194 e. The van der Waals surface area contributed by atoms with Crippen LogP contribution in [0.3, 0.4) is 0 Å². The molecule has 0 saturated heterocycles. The van der Waals surface area contributed by atoms with Crippen LogP contribution in [0.1, 0.15) is 53.2 Å². The van der Waals surface area contributed by atoms with E-state index in [1.807, 2.05) is 12.1 Å². The number of fused-ring (bicyclic) bond motifs is 2. The van der Waals surface area contributed by atoms with Crippen LogP contribution in [0.4, 0.5) is 10.1 Å². The van der Waals surface area contributed by atoms with Gasteiger partial charge in [0.15, 0.2) is 12.1 Å². The number of ketones is 1. The molecule has 0 spiro atoms. The van der Waals surface area contributed by atoms with E-state index >= 15 is 4.39 Å². The Balaban J connectivity index is 1.45. The number of hydrogen-bond donors (Lipinski definition) is 2. The Bertz CT molecular complexity index is 1550. The summed E-state index contributed by atoms with van der Waals surface area (Å²) in [5, 5.41) is 7.32. The molecule has 2 heterocycles. The number of carbonyl (C=O) groups excluding carboxylic acids is 1. The Morgan fingerprint density at radius 3 is 2.70 bits per heavy atom. The van der Waals surface area contributed by atoms with Gasteiger partial charge in [-0.1, -0.05) is 37.1 Å². The Labute approximate surface area is 237 Å². The maximum atomic E-state index is 15.1. The summed E-state index contributed by atoms with van der Waals surface area (Å²) in [5.74, 6) is 0.522. The smallest absolute Gasteiger partial charge is 0.194 e. The van der Waals surface area contributed by atoms with Crippen molar-refractivity contribution in [3.8, 4) is 11.5 Å². The summed E-state index contributed by atoms with van der Waals surface area (Å²) >= 11 is 6.41. The minimum absolute atomic E-state index is 0.0601. The van der Waals surface area contributed by atoms with Gasteiger partial charge in [0.2, 0.25) is 0 Å². The molecule has 0 amide bonds. The third kappa shape index (κ3) is 5.45. The van der Waals surface area contributed by atoms with Crippen LogP contribution in [0.25, 0.3) is 5.70 Å². The normalized spacial score (nSPS) is 15.8. The highest BCUT2D eigenvalue weighted by atomic mass is 35.5. The van der Waals surface area contributed by atoms with Crippen LogP contribution in [-0.4, -0.2) is 44.8 Å². The maximum absolute atomic E-state index is 15.1. The number of aliphatic imine (C=N–C) groups is 2. The molecule has 5 rings (SSSR count). The van der Waals surface area contributed by atoms with Gasteiger partial charge in [-0.25, -0.2) is 9.38 Å². The van der Waals surface area contributed by atoms with Gasteiger partial charge >= 0.3 is 0 Å². The highest BCUT2D eigenvalue weighted by Crippen LogP contribution is 2.34. The molecule has 0 fully saturated rings. The fraction of sp³-hybridized carbons (Fsp3) is 0.258. The molecule has 1 unspecified atom stereocenters. The van der Waals surface area contributed by atoms with E-state index < -0.39 is 12.1 Å². The Kier molecular flexibility index (Phi) is 8.16. The summed E-state index contributed by atoms with van der Waals surface area (Å²) in [5.41, 5.74) is 5.19. The minimum Gasteiger partial charge on any atom is -0.496 e. The van der Waals surface area contributed by atoms with Crippen LogP contribution in [0.5, 0.6) is 11.5 Å². The van der Waals surface area contributed by atoms with Crippen molar-refractivity contribution in [3.63, 3.8) is 0 Å². The lowest BCUT2D eigenvalue weighted by Gasteiger charge is -2.26. The van der Waals surface area contributed by atoms with E-state index in [0.717, 1.165) is 35.4 Å². The van der Waals surface area contributed by atoms with Crippen molar-refractivity contribution in [1.82, 2.24) is 5.32 Å². The van der Waals surface area contributed by atoms with E-state index in [1.54, 1.807) is 49.7 Å². The lowest BCUT2D eigenvalue weighted by molar-refractivity contribution is 0.0977. The fourth-order valence-corrected chi connectivity index (χ4v) is 5.05. The van der Waals surface area contributed by atoms with Crippen molar-refractivity contribution in [3.05, 3.63) is 93.3 Å². The van der Waals surface area contributed by atoms with Crippen LogP contribution in [0.2, 0.25) is 5.02 Å². The molecule has 3 aromatic rings. The molecule has 0 aromatic heterocycles. The van der Waals surface area contributed by atoms with Gasteiger partial charge < -0.3 is 20.1 Å². The number of nitrogens with one attached hydrogen (secondary N) is 2. The zero-order valence-electron chi connectivity index (χ0n) is 22.6. The first kappa shape index (κ1) is 27.4. The zero-order chi connectivity index (χ0) is 28.2. The van der Waals surface area contributed by atoms with Crippen molar-refractivity contribution in [2.45, 2.75) is 32.5 Å². The highest BCUT2D eigenvalue weighted by molar-refractivity contribution is 6.31. The van der Waals surface area contributed by atoms with E-state index in [1.165, 1.54) is 13.2 Å². The Morgan fingerprint density at radius 1 is 1.10 bits per heavy atom. The van der Waals surface area contributed by atoms with Gasteiger partial charge in [-0.05, 0) is 42.8 Å². The fourth-order valence-electron chi connectivity index (χ4n) is 4.88. The van der Waals surface area contributed by atoms with E-state index in [-0.39, 0.29) is 17.9 Å². The average molecular weight is 561 g/mol. The molecule has 3 aromatic carbocycles. The molecule has 1 atom stereocenters. The van der Waals surface area contributed by atoms with Crippen LogP contribution in [0.15, 0.2) is 70.2 Å². The van der Waals surface area contributed by atoms with Gasteiger partial charge in [0.05, 0.1) is 43.3 Å². The number of halogens is 2. The lowest BCUT2D eigenvalue weighted by Crippen LogP contribution is -2.37. The predicted molar refractivity (Wildman–Crippen MR) is 158 cm³/mol. The highest BCUT2D eigenvalue weighted by Gasteiger charge is 2.28. The lowest BCUT2D eigenvalue weighted by atomic mass is 9.94. The van der Waals surface area contributed by atoms with E-state index in [0.29, 0.717) is 39.8 Å². The number of nitrogens with zero attached hydrogens (tertiary/aromatic N) is 2. The Morgan fingerprint density at radius 2 is 1.93 bits per heavy atom. The number of Topliss-reactive ketones (excluding diaryl/α,β-unsaturated/α-hetero) is 1. The van der Waals surface area contributed by atoms with Crippen molar-refractivity contribution >= 4 is 40.7 Å². The topological polar surface area (TPSA) is 84.3 Å². The molecule has 2 N–H and O–H groups in total. The standard InChI is InChI=1S/C31H30ClFN4O3/c1-4-5-8-25(38)22-13-11-20(15-27(22)40-3)36-31-35-17-18-16-34-30(28-24(33)7-6-9-26(28)39-2)23-14-19(32)10-12-21(23)29(18)37-31/h6-7,9-15,17,31,36-37H,4-5,8,16H2,1-3H3. The van der Waals surface area contributed by atoms with Crippen molar-refractivity contribution < 1.29 is 18.7 Å². The minimum atomic E-state index is -0.516. The average Bonchev–Trinajstić information content (AvgIpc) is 3.11. The number of unbranched alkanes of at least 4 members (excludes halogenated alkanes) is 1. The molecule has 2 aliphatic rings. The molecule has 9 heteroatoms. The van der Waals surface area contributed by atoms with Crippen LogP contribution in [0, 0.1) is 5.82 Å². The second-order valence-electron chi connectivity index (χ2n) is 9.48. The molecule has 0 radical (unpaired) electrons. The van der Waals surface area contributed by atoms with Crippen molar-refractivity contribution in [1.29, 1.82) is 0 Å². The van der Waals surface area contributed by atoms with Crippen LogP contribution in [-0.2, 0) is 0 Å². The summed E-state index contributed by atoms with van der Waals surface area (Å²) in [7, 11) is 3.06. The number of methoxy groups -OCH3 is 2. The molecule has 7 nitrogen and oxygen atoms in total. The first-order valence-electron chi connectivity index (χ1n) is 13.1. The van der Waals surface area contributed by atoms with Gasteiger partial charge in [-0.2, -0.15) is 0 Å². The monoisotopic (exact) mass is 560 g/mol. The number of carbonyl (C=O) groups is 1. The molecule has 0 aliphatic carbocycles. The SMILES string of the molecule is CCCCC(=O)c1ccc(NC2N=CC3=C(N2)c2ccc(Cl)cc2C(c2c(F)cccc2OC)=NC3)cc1OC. The summed E-state index contributed by atoms with van der Waals surface area (Å²) in [6, 6.07) is 15.6. The van der Waals surface area contributed by atoms with Crippen LogP contribution >= 0.6 is 11.6 Å². The number of anilines is 1. The van der Waals surface area contributed by atoms with Crippen molar-refractivity contribution in [2.75, 3.05) is 26.1 Å². The predicted octanol–water partition coefficient (Wildman–Crippen LogP) is 6.50. The Hall–Kier alpha value is -4.17. The third-order valence-electron chi connectivity index (χ3n) is 6.89. The molecule has 206 valence electrons. The van der Waals surface area contributed by atoms with E-state index in [2.05, 4.69) is 22.5 Å². The molecule has 0 bridgehead atoms. The third-order valence-corrected chi connectivity index (χ3v) is 7.13. The number of ether oxygens (including phenoxy) is 2. The van der Waals surface area contributed by atoms with Gasteiger partial charge in [0, 0.05) is 46.1 Å². The number of rotatable bonds is 9. The molecular weight excluding hydrogens is 531 g/mol. The zero-order valence-corrected chi connectivity index (χ0v) is 23.3. The number of hydrogen-bond acceptors (Lipinski definition) is 7.